The van der Waals surface area contributed by atoms with Gasteiger partial charge in [-0.15, -0.1) is 0 Å². The van der Waals surface area contributed by atoms with Crippen molar-refractivity contribution in [1.82, 2.24) is 5.32 Å². The van der Waals surface area contributed by atoms with Crippen LogP contribution in [0.3, 0.4) is 0 Å². The summed E-state index contributed by atoms with van der Waals surface area (Å²) in [4.78, 5) is 0. The standard InChI is InChI=1S/C7H15N3/c1-4-5-9-7(10-8)6(2)3/h4-6H,8H2,1-3H3,(H,9,10)/b5-4-. The summed E-state index contributed by atoms with van der Waals surface area (Å²) in [7, 11) is 0. The number of nitrogens with two attached hydrogens (primary N) is 1. The monoisotopic (exact) mass is 141 g/mol. The van der Waals surface area contributed by atoms with Crippen LogP contribution in [0.15, 0.2) is 17.4 Å². The minimum Gasteiger partial charge on any atom is -0.349 e. The maximum absolute atomic E-state index is 5.11. The number of allylic oxidation sites excluding steroid dienone is 1. The lowest BCUT2D eigenvalue weighted by Gasteiger charge is -2.06. The molecule has 10 heavy (non-hydrogen) atoms. The minimum absolute atomic E-state index is 0.348. The van der Waals surface area contributed by atoms with E-state index in [0.29, 0.717) is 5.92 Å². The molecular formula is C7H15N3. The largest absolute Gasteiger partial charge is 0.349 e. The second kappa shape index (κ2) is 4.85. The van der Waals surface area contributed by atoms with Crippen LogP contribution < -0.4 is 11.2 Å². The molecule has 0 spiro atoms. The van der Waals surface area contributed by atoms with Gasteiger partial charge in [-0.05, 0) is 13.1 Å². The topological polar surface area (TPSA) is 50.4 Å². The Morgan fingerprint density at radius 2 is 2.20 bits per heavy atom. The maximum Gasteiger partial charge on any atom is 0.128 e. The normalized spacial score (nSPS) is 13.0. The molecule has 0 aliphatic heterocycles. The maximum atomic E-state index is 5.11. The van der Waals surface area contributed by atoms with E-state index in [0.717, 1.165) is 5.84 Å². The van der Waals surface area contributed by atoms with Crippen LogP contribution in [-0.2, 0) is 0 Å². The number of hydrogen-bond acceptors (Lipinski definition) is 2. The molecule has 0 fully saturated rings. The van der Waals surface area contributed by atoms with Crippen LogP contribution in [0.2, 0.25) is 0 Å². The highest BCUT2D eigenvalue weighted by Crippen LogP contribution is 1.91. The summed E-state index contributed by atoms with van der Waals surface area (Å²) >= 11 is 0. The van der Waals surface area contributed by atoms with Crippen molar-refractivity contribution in [2.24, 2.45) is 16.9 Å². The van der Waals surface area contributed by atoms with E-state index in [4.69, 9.17) is 5.84 Å². The van der Waals surface area contributed by atoms with Crippen LogP contribution >= 0.6 is 0 Å². The van der Waals surface area contributed by atoms with Crippen LogP contribution in [0.1, 0.15) is 20.8 Å². The molecule has 0 radical (unpaired) electrons. The van der Waals surface area contributed by atoms with Gasteiger partial charge in [-0.25, -0.2) is 0 Å². The number of hydrogen-bond donors (Lipinski definition) is 2. The molecule has 0 aromatic rings. The SMILES string of the molecule is C/C=C\N/C(=N\N)C(C)C. The van der Waals surface area contributed by atoms with Crippen molar-refractivity contribution in [3.63, 3.8) is 0 Å². The summed E-state index contributed by atoms with van der Waals surface area (Å²) < 4.78 is 0. The van der Waals surface area contributed by atoms with Crippen molar-refractivity contribution in [3.8, 4) is 0 Å². The molecule has 0 amide bonds. The van der Waals surface area contributed by atoms with E-state index in [1.54, 1.807) is 0 Å². The van der Waals surface area contributed by atoms with Crippen molar-refractivity contribution in [3.05, 3.63) is 12.3 Å². The lowest BCUT2D eigenvalue weighted by Crippen LogP contribution is -2.24. The van der Waals surface area contributed by atoms with Gasteiger partial charge in [-0.1, -0.05) is 19.9 Å². The second-order valence-electron chi connectivity index (χ2n) is 2.31. The van der Waals surface area contributed by atoms with E-state index in [1.165, 1.54) is 0 Å². The third kappa shape index (κ3) is 3.12. The van der Waals surface area contributed by atoms with Crippen LogP contribution in [0.5, 0.6) is 0 Å². The number of rotatable bonds is 2. The molecule has 3 N–H and O–H groups in total. The van der Waals surface area contributed by atoms with Gasteiger partial charge in [-0.2, -0.15) is 5.10 Å². The fraction of sp³-hybridized carbons (Fsp3) is 0.571. The zero-order valence-corrected chi connectivity index (χ0v) is 6.76. The molecule has 0 unspecified atom stereocenters. The van der Waals surface area contributed by atoms with Gasteiger partial charge >= 0.3 is 0 Å². The molecule has 0 aliphatic carbocycles. The molecule has 0 atom stereocenters. The summed E-state index contributed by atoms with van der Waals surface area (Å²) in [5.74, 6) is 6.26. The molecule has 0 saturated carbocycles. The Labute approximate surface area is 62.0 Å². The first-order valence-corrected chi connectivity index (χ1v) is 3.37. The Balaban J connectivity index is 3.86. The zero-order chi connectivity index (χ0) is 7.98. The van der Waals surface area contributed by atoms with Gasteiger partial charge in [-0.3, -0.25) is 0 Å². The summed E-state index contributed by atoms with van der Waals surface area (Å²) in [6.07, 6.45) is 3.71. The van der Waals surface area contributed by atoms with Crippen LogP contribution in [0.25, 0.3) is 0 Å². The molecule has 58 valence electrons. The fourth-order valence-corrected chi connectivity index (χ4v) is 0.522. The average molecular weight is 141 g/mol. The van der Waals surface area contributed by atoms with Gasteiger partial charge in [0.15, 0.2) is 0 Å². The average Bonchev–Trinajstić information content (AvgIpc) is 1.89. The molecule has 0 heterocycles. The number of hydrazone groups is 1. The quantitative estimate of drug-likeness (QED) is 0.261. The highest BCUT2D eigenvalue weighted by Gasteiger charge is 1.99. The van der Waals surface area contributed by atoms with Crippen LogP contribution in [-0.4, -0.2) is 5.84 Å². The van der Waals surface area contributed by atoms with Crippen molar-refractivity contribution in [1.29, 1.82) is 0 Å². The third-order valence-electron chi connectivity index (χ3n) is 1.08. The van der Waals surface area contributed by atoms with E-state index in [1.807, 2.05) is 33.0 Å². The highest BCUT2D eigenvalue weighted by molar-refractivity contribution is 5.84. The smallest absolute Gasteiger partial charge is 0.128 e. The summed E-state index contributed by atoms with van der Waals surface area (Å²) in [5, 5.41) is 6.54. The van der Waals surface area contributed by atoms with Gasteiger partial charge in [0.25, 0.3) is 0 Å². The third-order valence-corrected chi connectivity index (χ3v) is 1.08. The Kier molecular flexibility index (Phi) is 4.37. The Bertz CT molecular complexity index is 136. The van der Waals surface area contributed by atoms with Crippen molar-refractivity contribution in [2.75, 3.05) is 0 Å². The molecule has 0 aromatic heterocycles. The number of nitrogens with zero attached hydrogens (tertiary/aromatic N) is 1. The summed E-state index contributed by atoms with van der Waals surface area (Å²) in [6.45, 7) is 5.99. The van der Waals surface area contributed by atoms with Gasteiger partial charge < -0.3 is 11.2 Å². The lowest BCUT2D eigenvalue weighted by atomic mass is 10.2. The Morgan fingerprint density at radius 3 is 2.50 bits per heavy atom. The van der Waals surface area contributed by atoms with Crippen LogP contribution in [0, 0.1) is 5.92 Å². The minimum atomic E-state index is 0.348. The van der Waals surface area contributed by atoms with E-state index in [2.05, 4.69) is 10.4 Å². The predicted octanol–water partition coefficient (Wildman–Crippen LogP) is 1.04. The van der Waals surface area contributed by atoms with Gasteiger partial charge in [0.2, 0.25) is 0 Å². The van der Waals surface area contributed by atoms with Gasteiger partial charge in [0.05, 0.1) is 0 Å². The van der Waals surface area contributed by atoms with Crippen molar-refractivity contribution in [2.45, 2.75) is 20.8 Å². The van der Waals surface area contributed by atoms with Crippen molar-refractivity contribution < 1.29 is 0 Å². The van der Waals surface area contributed by atoms with Gasteiger partial charge in [0.1, 0.15) is 5.84 Å². The molecular weight excluding hydrogens is 126 g/mol. The Hall–Kier alpha value is -0.990. The molecule has 0 bridgehead atoms. The Morgan fingerprint density at radius 1 is 1.60 bits per heavy atom. The van der Waals surface area contributed by atoms with E-state index in [9.17, 15) is 0 Å². The summed E-state index contributed by atoms with van der Waals surface area (Å²) in [6, 6.07) is 0. The first-order chi connectivity index (χ1) is 4.72. The first-order valence-electron chi connectivity index (χ1n) is 3.37. The van der Waals surface area contributed by atoms with E-state index in [-0.39, 0.29) is 0 Å². The molecule has 0 rings (SSSR count). The molecule has 0 aliphatic rings. The van der Waals surface area contributed by atoms with Crippen molar-refractivity contribution >= 4 is 5.84 Å². The molecule has 3 heteroatoms. The second-order valence-corrected chi connectivity index (χ2v) is 2.31. The lowest BCUT2D eigenvalue weighted by molar-refractivity contribution is 0.838. The summed E-state index contributed by atoms with van der Waals surface area (Å²) in [5.41, 5.74) is 0. The zero-order valence-electron chi connectivity index (χ0n) is 6.76. The molecule has 0 saturated heterocycles. The van der Waals surface area contributed by atoms with E-state index < -0.39 is 0 Å². The molecule has 3 nitrogen and oxygen atoms in total. The fourth-order valence-electron chi connectivity index (χ4n) is 0.522. The highest BCUT2D eigenvalue weighted by atomic mass is 15.2. The van der Waals surface area contributed by atoms with Crippen LogP contribution in [0.4, 0.5) is 0 Å². The number of nitrogens with one attached hydrogen (secondary N) is 1. The first kappa shape index (κ1) is 9.01. The molecule has 0 aromatic carbocycles. The van der Waals surface area contributed by atoms with E-state index >= 15 is 0 Å². The number of amidine groups is 1. The van der Waals surface area contributed by atoms with Gasteiger partial charge in [0, 0.05) is 5.92 Å². The predicted molar refractivity (Wildman–Crippen MR) is 44.4 cm³/mol.